The van der Waals surface area contributed by atoms with Crippen molar-refractivity contribution in [3.05, 3.63) is 28.2 Å². The van der Waals surface area contributed by atoms with E-state index in [-0.39, 0.29) is 29.7 Å². The Morgan fingerprint density at radius 2 is 1.65 bits per heavy atom. The summed E-state index contributed by atoms with van der Waals surface area (Å²) in [5, 5.41) is 5.99. The number of amides is 2. The highest BCUT2D eigenvalue weighted by molar-refractivity contribution is 9.10. The fourth-order valence-corrected chi connectivity index (χ4v) is 3.50. The van der Waals surface area contributed by atoms with Gasteiger partial charge in [0.05, 0.1) is 0 Å². The number of carbonyl (C=O) groups excluding carboxylic acids is 2. The highest BCUT2D eigenvalue weighted by Crippen LogP contribution is 2.30. The van der Waals surface area contributed by atoms with E-state index in [2.05, 4.69) is 26.6 Å². The summed E-state index contributed by atoms with van der Waals surface area (Å²) in [6.45, 7) is 5.92. The molecule has 2 rings (SSSR count). The first-order valence-corrected chi connectivity index (χ1v) is 9.03. The molecule has 1 aliphatic carbocycles. The molecule has 0 spiro atoms. The van der Waals surface area contributed by atoms with Crippen LogP contribution in [-0.4, -0.2) is 17.9 Å². The normalized spacial score (nSPS) is 21.1. The largest absolute Gasteiger partial charge is 0.354 e. The number of rotatable bonds is 4. The Labute approximate surface area is 146 Å². The van der Waals surface area contributed by atoms with Crippen LogP contribution < -0.4 is 10.6 Å². The van der Waals surface area contributed by atoms with E-state index in [9.17, 15) is 9.59 Å². The first kappa shape index (κ1) is 18.0. The molecule has 126 valence electrons. The maximum absolute atomic E-state index is 12.4. The maximum Gasteiger partial charge on any atom is 0.227 e. The molecule has 1 aromatic rings. The molecule has 0 saturated heterocycles. The van der Waals surface area contributed by atoms with Gasteiger partial charge in [0.15, 0.2) is 0 Å². The van der Waals surface area contributed by atoms with Gasteiger partial charge in [0.2, 0.25) is 11.8 Å². The number of halogens is 1. The Morgan fingerprint density at radius 1 is 1.09 bits per heavy atom. The molecule has 0 atom stereocenters. The lowest BCUT2D eigenvalue weighted by molar-refractivity contribution is -0.128. The summed E-state index contributed by atoms with van der Waals surface area (Å²) in [6, 6.07) is 6.00. The van der Waals surface area contributed by atoms with Crippen LogP contribution in [0, 0.1) is 18.8 Å². The number of anilines is 1. The van der Waals surface area contributed by atoms with E-state index >= 15 is 0 Å². The van der Waals surface area contributed by atoms with E-state index in [4.69, 9.17) is 0 Å². The predicted octanol–water partition coefficient (Wildman–Crippen LogP) is 4.03. The van der Waals surface area contributed by atoms with Crippen LogP contribution in [0.2, 0.25) is 0 Å². The van der Waals surface area contributed by atoms with Gasteiger partial charge in [-0.1, -0.05) is 15.9 Å². The molecule has 1 saturated carbocycles. The summed E-state index contributed by atoms with van der Waals surface area (Å²) < 4.78 is 1.00. The molecular formula is C18H25BrN2O2. The second kappa shape index (κ2) is 7.95. The van der Waals surface area contributed by atoms with Crippen LogP contribution in [0.15, 0.2) is 22.7 Å². The second-order valence-corrected chi connectivity index (χ2v) is 7.58. The quantitative estimate of drug-likeness (QED) is 0.828. The van der Waals surface area contributed by atoms with Crippen molar-refractivity contribution >= 4 is 33.4 Å². The molecule has 1 fully saturated rings. The summed E-state index contributed by atoms with van der Waals surface area (Å²) in [7, 11) is 0. The standard InChI is InChI=1S/C18H25BrN2O2/c1-11(2)20-17(22)13-4-6-14(7-5-13)18(23)21-16-9-8-15(19)10-12(16)3/h8-11,13-14H,4-7H2,1-3H3,(H,20,22)(H,21,23). The molecule has 23 heavy (non-hydrogen) atoms. The second-order valence-electron chi connectivity index (χ2n) is 6.66. The first-order chi connectivity index (χ1) is 10.9. The fraction of sp³-hybridized carbons (Fsp3) is 0.556. The molecule has 0 aromatic heterocycles. The van der Waals surface area contributed by atoms with Crippen LogP contribution in [0.5, 0.6) is 0 Å². The molecule has 1 aliphatic rings. The van der Waals surface area contributed by atoms with Gasteiger partial charge in [-0.3, -0.25) is 9.59 Å². The van der Waals surface area contributed by atoms with Crippen molar-refractivity contribution in [2.75, 3.05) is 5.32 Å². The van der Waals surface area contributed by atoms with E-state index in [0.717, 1.165) is 41.4 Å². The minimum Gasteiger partial charge on any atom is -0.354 e. The van der Waals surface area contributed by atoms with Crippen LogP contribution in [-0.2, 0) is 9.59 Å². The van der Waals surface area contributed by atoms with E-state index in [0.29, 0.717) is 0 Å². The number of hydrogen-bond acceptors (Lipinski definition) is 2. The number of aryl methyl sites for hydroxylation is 1. The lowest BCUT2D eigenvalue weighted by Gasteiger charge is -2.27. The summed E-state index contributed by atoms with van der Waals surface area (Å²) >= 11 is 3.43. The lowest BCUT2D eigenvalue weighted by atomic mass is 9.81. The maximum atomic E-state index is 12.4. The third-order valence-corrected chi connectivity index (χ3v) is 4.84. The van der Waals surface area contributed by atoms with E-state index < -0.39 is 0 Å². The van der Waals surface area contributed by atoms with Crippen molar-refractivity contribution in [3.63, 3.8) is 0 Å². The minimum absolute atomic E-state index is 0.00106. The zero-order chi connectivity index (χ0) is 17.0. The molecule has 2 amide bonds. The molecular weight excluding hydrogens is 356 g/mol. The SMILES string of the molecule is Cc1cc(Br)ccc1NC(=O)C1CCC(C(=O)NC(C)C)CC1. The number of benzene rings is 1. The number of nitrogens with one attached hydrogen (secondary N) is 2. The third kappa shape index (κ3) is 5.06. The third-order valence-electron chi connectivity index (χ3n) is 4.35. The van der Waals surface area contributed by atoms with Crippen molar-refractivity contribution in [1.82, 2.24) is 5.32 Å². The molecule has 2 N–H and O–H groups in total. The summed E-state index contributed by atoms with van der Waals surface area (Å²) in [4.78, 5) is 24.5. The number of carbonyl (C=O) groups is 2. The smallest absolute Gasteiger partial charge is 0.227 e. The van der Waals surface area contributed by atoms with Gasteiger partial charge >= 0.3 is 0 Å². The Bertz CT molecular complexity index is 578. The van der Waals surface area contributed by atoms with Gasteiger partial charge in [-0.2, -0.15) is 0 Å². The fourth-order valence-electron chi connectivity index (χ4n) is 3.02. The lowest BCUT2D eigenvalue weighted by Crippen LogP contribution is -2.38. The summed E-state index contributed by atoms with van der Waals surface area (Å²) in [6.07, 6.45) is 3.13. The summed E-state index contributed by atoms with van der Waals surface area (Å²) in [5.74, 6) is 0.248. The van der Waals surface area contributed by atoms with Crippen LogP contribution in [0.1, 0.15) is 45.1 Å². The summed E-state index contributed by atoms with van der Waals surface area (Å²) in [5.41, 5.74) is 1.90. The Hall–Kier alpha value is -1.36. The number of hydrogen-bond donors (Lipinski definition) is 2. The Morgan fingerprint density at radius 3 is 2.17 bits per heavy atom. The Kier molecular flexibility index (Phi) is 6.22. The van der Waals surface area contributed by atoms with Gasteiger partial charge < -0.3 is 10.6 Å². The van der Waals surface area contributed by atoms with Crippen molar-refractivity contribution in [1.29, 1.82) is 0 Å². The van der Waals surface area contributed by atoms with Crippen molar-refractivity contribution in [2.45, 2.75) is 52.5 Å². The monoisotopic (exact) mass is 380 g/mol. The molecule has 0 bridgehead atoms. The minimum atomic E-state index is 0.00106. The molecule has 0 unspecified atom stereocenters. The van der Waals surface area contributed by atoms with Crippen LogP contribution in [0.4, 0.5) is 5.69 Å². The molecule has 5 heteroatoms. The molecule has 0 heterocycles. The van der Waals surface area contributed by atoms with Crippen molar-refractivity contribution in [2.24, 2.45) is 11.8 Å². The van der Waals surface area contributed by atoms with Gasteiger partial charge in [0.1, 0.15) is 0 Å². The van der Waals surface area contributed by atoms with Crippen molar-refractivity contribution < 1.29 is 9.59 Å². The van der Waals surface area contributed by atoms with Crippen molar-refractivity contribution in [3.8, 4) is 0 Å². The molecule has 0 aliphatic heterocycles. The zero-order valence-electron chi connectivity index (χ0n) is 14.0. The van der Waals surface area contributed by atoms with Crippen LogP contribution in [0.3, 0.4) is 0 Å². The van der Waals surface area contributed by atoms with E-state index in [1.807, 2.05) is 39.0 Å². The molecule has 1 aromatic carbocycles. The average molecular weight is 381 g/mol. The first-order valence-electron chi connectivity index (χ1n) is 8.24. The van der Waals surface area contributed by atoms with E-state index in [1.165, 1.54) is 0 Å². The van der Waals surface area contributed by atoms with E-state index in [1.54, 1.807) is 0 Å². The van der Waals surface area contributed by atoms with Crippen LogP contribution in [0.25, 0.3) is 0 Å². The highest BCUT2D eigenvalue weighted by Gasteiger charge is 2.30. The molecule has 0 radical (unpaired) electrons. The van der Waals surface area contributed by atoms with Gasteiger partial charge in [0, 0.05) is 28.0 Å². The Balaban J connectivity index is 1.87. The van der Waals surface area contributed by atoms with Gasteiger partial charge in [-0.05, 0) is 70.2 Å². The van der Waals surface area contributed by atoms with Gasteiger partial charge in [-0.15, -0.1) is 0 Å². The average Bonchev–Trinajstić information content (AvgIpc) is 2.49. The molecule has 4 nitrogen and oxygen atoms in total. The van der Waals surface area contributed by atoms with Gasteiger partial charge in [-0.25, -0.2) is 0 Å². The van der Waals surface area contributed by atoms with Gasteiger partial charge in [0.25, 0.3) is 0 Å². The predicted molar refractivity (Wildman–Crippen MR) is 96.2 cm³/mol. The highest BCUT2D eigenvalue weighted by atomic mass is 79.9. The van der Waals surface area contributed by atoms with Crippen LogP contribution >= 0.6 is 15.9 Å². The topological polar surface area (TPSA) is 58.2 Å². The zero-order valence-corrected chi connectivity index (χ0v) is 15.6.